The fraction of sp³-hybridized carbons (Fsp3) is 0.400. The number of piperidine rings is 1. The normalized spacial score (nSPS) is 18.1. The fourth-order valence-electron chi connectivity index (χ4n) is 2.53. The lowest BCUT2D eigenvalue weighted by Gasteiger charge is -2.33. The molecule has 0 saturated carbocycles. The quantitative estimate of drug-likeness (QED) is 0.839. The second kappa shape index (κ2) is 6.39. The van der Waals surface area contributed by atoms with E-state index in [1.807, 2.05) is 0 Å². The Morgan fingerprint density at radius 3 is 2.62 bits per heavy atom. The molecule has 112 valence electrons. The van der Waals surface area contributed by atoms with E-state index < -0.39 is 17.9 Å². The molecule has 1 aliphatic rings. The monoisotopic (exact) mass is 290 g/mol. The molecule has 2 N–H and O–H groups in total. The number of hydrogen-bond donors (Lipinski definition) is 1. The van der Waals surface area contributed by atoms with Crippen LogP contribution < -0.4 is 5.73 Å². The van der Waals surface area contributed by atoms with Crippen molar-refractivity contribution >= 4 is 17.8 Å². The highest BCUT2D eigenvalue weighted by Crippen LogP contribution is 2.21. The van der Waals surface area contributed by atoms with Crippen LogP contribution in [0.2, 0.25) is 0 Å². The molecule has 21 heavy (non-hydrogen) atoms. The van der Waals surface area contributed by atoms with Crippen molar-refractivity contribution in [1.29, 1.82) is 0 Å². The lowest BCUT2D eigenvalue weighted by atomic mass is 10.00. The van der Waals surface area contributed by atoms with Gasteiger partial charge in [0.1, 0.15) is 6.04 Å². The second-order valence-electron chi connectivity index (χ2n) is 4.98. The van der Waals surface area contributed by atoms with Crippen LogP contribution >= 0.6 is 0 Å². The van der Waals surface area contributed by atoms with E-state index in [0.29, 0.717) is 18.5 Å². The van der Waals surface area contributed by atoms with Crippen LogP contribution in [0.4, 0.5) is 0 Å². The first-order valence-electron chi connectivity index (χ1n) is 6.83. The molecule has 0 aliphatic carbocycles. The number of benzene rings is 1. The average Bonchev–Trinajstić information content (AvgIpc) is 2.53. The van der Waals surface area contributed by atoms with E-state index >= 15 is 0 Å². The Kier molecular flexibility index (Phi) is 4.57. The van der Waals surface area contributed by atoms with E-state index in [4.69, 9.17) is 10.5 Å². The number of ether oxygens (including phenoxy) is 1. The summed E-state index contributed by atoms with van der Waals surface area (Å²) in [6.07, 6.45) is 2.31. The maximum Gasteiger partial charge on any atom is 0.328 e. The zero-order chi connectivity index (χ0) is 15.4. The molecule has 1 aromatic rings. The zero-order valence-electron chi connectivity index (χ0n) is 11.9. The molecule has 1 heterocycles. The Morgan fingerprint density at radius 1 is 1.24 bits per heavy atom. The van der Waals surface area contributed by atoms with E-state index in [2.05, 4.69) is 0 Å². The second-order valence-corrected chi connectivity index (χ2v) is 4.98. The van der Waals surface area contributed by atoms with Crippen LogP contribution in [0.5, 0.6) is 0 Å². The SMILES string of the molecule is COC(=O)[C@H]1CCCCN1C(=O)c1cccc(C(N)=O)c1. The van der Waals surface area contributed by atoms with Crippen molar-refractivity contribution in [1.82, 2.24) is 4.90 Å². The number of esters is 1. The van der Waals surface area contributed by atoms with Crippen molar-refractivity contribution in [3.8, 4) is 0 Å². The summed E-state index contributed by atoms with van der Waals surface area (Å²) in [5, 5.41) is 0. The van der Waals surface area contributed by atoms with E-state index in [0.717, 1.165) is 12.8 Å². The number of methoxy groups -OCH3 is 1. The van der Waals surface area contributed by atoms with Gasteiger partial charge in [-0.25, -0.2) is 4.79 Å². The van der Waals surface area contributed by atoms with Crippen LogP contribution in [-0.4, -0.2) is 42.4 Å². The molecule has 0 unspecified atom stereocenters. The Bertz CT molecular complexity index is 571. The summed E-state index contributed by atoms with van der Waals surface area (Å²) in [5.41, 5.74) is 5.84. The van der Waals surface area contributed by atoms with Crippen molar-refractivity contribution in [2.24, 2.45) is 5.73 Å². The molecule has 1 aromatic carbocycles. The van der Waals surface area contributed by atoms with Gasteiger partial charge < -0.3 is 15.4 Å². The summed E-state index contributed by atoms with van der Waals surface area (Å²) in [5.74, 6) is -1.28. The molecule has 6 heteroatoms. The summed E-state index contributed by atoms with van der Waals surface area (Å²) >= 11 is 0. The van der Waals surface area contributed by atoms with Gasteiger partial charge in [0, 0.05) is 17.7 Å². The van der Waals surface area contributed by atoms with Crippen molar-refractivity contribution < 1.29 is 19.1 Å². The molecule has 1 saturated heterocycles. The maximum atomic E-state index is 12.6. The third-order valence-electron chi connectivity index (χ3n) is 3.63. The van der Waals surface area contributed by atoms with E-state index in [-0.39, 0.29) is 11.5 Å². The van der Waals surface area contributed by atoms with Gasteiger partial charge in [-0.15, -0.1) is 0 Å². The van der Waals surface area contributed by atoms with Crippen LogP contribution in [0, 0.1) is 0 Å². The fourth-order valence-corrected chi connectivity index (χ4v) is 2.53. The number of likely N-dealkylation sites (tertiary alicyclic amines) is 1. The molecule has 2 amide bonds. The third-order valence-corrected chi connectivity index (χ3v) is 3.63. The van der Waals surface area contributed by atoms with Crippen LogP contribution in [0.1, 0.15) is 40.0 Å². The number of amides is 2. The highest BCUT2D eigenvalue weighted by atomic mass is 16.5. The molecule has 2 rings (SSSR count). The minimum absolute atomic E-state index is 0.271. The predicted octanol–water partition coefficient (Wildman–Crippen LogP) is 0.953. The average molecular weight is 290 g/mol. The molecule has 0 radical (unpaired) electrons. The van der Waals surface area contributed by atoms with Crippen molar-refractivity contribution in [3.63, 3.8) is 0 Å². The highest BCUT2D eigenvalue weighted by Gasteiger charge is 2.33. The largest absolute Gasteiger partial charge is 0.467 e. The van der Waals surface area contributed by atoms with Gasteiger partial charge in [0.2, 0.25) is 5.91 Å². The number of nitrogens with zero attached hydrogens (tertiary/aromatic N) is 1. The van der Waals surface area contributed by atoms with Crippen molar-refractivity contribution in [2.75, 3.05) is 13.7 Å². The Hall–Kier alpha value is -2.37. The molecule has 1 atom stereocenters. The number of rotatable bonds is 3. The zero-order valence-corrected chi connectivity index (χ0v) is 11.9. The first-order valence-corrected chi connectivity index (χ1v) is 6.83. The predicted molar refractivity (Wildman–Crippen MR) is 75.7 cm³/mol. The van der Waals surface area contributed by atoms with Crippen molar-refractivity contribution in [2.45, 2.75) is 25.3 Å². The summed E-state index contributed by atoms with van der Waals surface area (Å²) in [6, 6.07) is 5.65. The summed E-state index contributed by atoms with van der Waals surface area (Å²) < 4.78 is 4.76. The molecular weight excluding hydrogens is 272 g/mol. The van der Waals surface area contributed by atoms with E-state index in [1.165, 1.54) is 18.1 Å². The topological polar surface area (TPSA) is 89.7 Å². The number of nitrogens with two attached hydrogens (primary N) is 1. The molecule has 1 fully saturated rings. The number of hydrogen-bond acceptors (Lipinski definition) is 4. The lowest BCUT2D eigenvalue weighted by Crippen LogP contribution is -2.48. The smallest absolute Gasteiger partial charge is 0.328 e. The van der Waals surface area contributed by atoms with Crippen LogP contribution in [0.3, 0.4) is 0 Å². The third kappa shape index (κ3) is 3.21. The van der Waals surface area contributed by atoms with E-state index in [1.54, 1.807) is 18.2 Å². The Labute approximate surface area is 122 Å². The Balaban J connectivity index is 2.26. The molecule has 0 aromatic heterocycles. The number of primary amides is 1. The standard InChI is InChI=1S/C15H18N2O4/c1-21-15(20)12-7-2-3-8-17(12)14(19)11-6-4-5-10(9-11)13(16)18/h4-6,9,12H,2-3,7-8H2,1H3,(H2,16,18)/t12-/m1/s1. The minimum Gasteiger partial charge on any atom is -0.467 e. The van der Waals surface area contributed by atoms with Gasteiger partial charge in [-0.2, -0.15) is 0 Å². The van der Waals surface area contributed by atoms with E-state index in [9.17, 15) is 14.4 Å². The summed E-state index contributed by atoms with van der Waals surface area (Å²) in [7, 11) is 1.31. The highest BCUT2D eigenvalue weighted by molar-refractivity contribution is 6.00. The van der Waals surface area contributed by atoms with Gasteiger partial charge in [-0.05, 0) is 37.5 Å². The maximum absolute atomic E-state index is 12.6. The lowest BCUT2D eigenvalue weighted by molar-refractivity contribution is -0.147. The molecular formula is C15H18N2O4. The first-order chi connectivity index (χ1) is 10.0. The van der Waals surface area contributed by atoms with Gasteiger partial charge in [0.25, 0.3) is 5.91 Å². The van der Waals surface area contributed by atoms with Crippen LogP contribution in [0.25, 0.3) is 0 Å². The van der Waals surface area contributed by atoms with Crippen molar-refractivity contribution in [3.05, 3.63) is 35.4 Å². The van der Waals surface area contributed by atoms with Gasteiger partial charge in [0.05, 0.1) is 7.11 Å². The molecule has 0 spiro atoms. The van der Waals surface area contributed by atoms with Gasteiger partial charge >= 0.3 is 5.97 Å². The first kappa shape index (κ1) is 15.0. The van der Waals surface area contributed by atoms with Crippen LogP contribution in [0.15, 0.2) is 24.3 Å². The molecule has 1 aliphatic heterocycles. The number of carbonyl (C=O) groups excluding carboxylic acids is 3. The van der Waals surface area contributed by atoms with Gasteiger partial charge in [-0.1, -0.05) is 6.07 Å². The molecule has 6 nitrogen and oxygen atoms in total. The summed E-state index contributed by atoms with van der Waals surface area (Å²) in [6.45, 7) is 0.499. The molecule has 0 bridgehead atoms. The number of carbonyl (C=O) groups is 3. The van der Waals surface area contributed by atoms with Gasteiger partial charge in [0.15, 0.2) is 0 Å². The van der Waals surface area contributed by atoms with Crippen LogP contribution in [-0.2, 0) is 9.53 Å². The minimum atomic E-state index is -0.590. The Morgan fingerprint density at radius 2 is 1.95 bits per heavy atom. The summed E-state index contributed by atoms with van der Waals surface area (Å²) in [4.78, 5) is 37.1. The van der Waals surface area contributed by atoms with Gasteiger partial charge in [-0.3, -0.25) is 9.59 Å².